The standard InChI is InChI=1S/C24H32N2O2/c1-8-28-22(27)26-25-21(17-9-13-19(14-10-17)23(2,3)4)18-11-15-20(16-12-18)24(5,6)7/h9-16H,8H2,1-7H3,(H,26,27). The molecular weight excluding hydrogens is 348 g/mol. The summed E-state index contributed by atoms with van der Waals surface area (Å²) in [6.45, 7) is 15.2. The molecule has 0 aromatic heterocycles. The second-order valence-electron chi connectivity index (χ2n) is 8.95. The van der Waals surface area contributed by atoms with E-state index in [0.717, 1.165) is 11.1 Å². The first-order valence-corrected chi connectivity index (χ1v) is 9.74. The van der Waals surface area contributed by atoms with Crippen molar-refractivity contribution in [3.05, 3.63) is 70.8 Å². The molecule has 0 saturated carbocycles. The molecule has 2 aromatic carbocycles. The first-order chi connectivity index (χ1) is 13.0. The van der Waals surface area contributed by atoms with Crippen LogP contribution in [0, 0.1) is 0 Å². The molecule has 150 valence electrons. The van der Waals surface area contributed by atoms with Crippen molar-refractivity contribution in [3.8, 4) is 0 Å². The topological polar surface area (TPSA) is 50.7 Å². The molecule has 0 aliphatic heterocycles. The Labute approximate surface area is 169 Å². The van der Waals surface area contributed by atoms with Gasteiger partial charge < -0.3 is 4.74 Å². The molecule has 0 heterocycles. The molecule has 2 aromatic rings. The Morgan fingerprint density at radius 2 is 1.21 bits per heavy atom. The van der Waals surface area contributed by atoms with Gasteiger partial charge in [0.1, 0.15) is 0 Å². The van der Waals surface area contributed by atoms with E-state index in [-0.39, 0.29) is 10.8 Å². The molecule has 28 heavy (non-hydrogen) atoms. The Balaban J connectivity index is 2.42. The number of hydrazone groups is 1. The Morgan fingerprint density at radius 1 is 0.821 bits per heavy atom. The van der Waals surface area contributed by atoms with Gasteiger partial charge in [-0.1, -0.05) is 90.1 Å². The molecule has 0 aliphatic carbocycles. The summed E-state index contributed by atoms with van der Waals surface area (Å²) < 4.78 is 4.93. The summed E-state index contributed by atoms with van der Waals surface area (Å²) in [4.78, 5) is 11.7. The molecule has 4 nitrogen and oxygen atoms in total. The highest BCUT2D eigenvalue weighted by molar-refractivity contribution is 6.13. The van der Waals surface area contributed by atoms with E-state index in [2.05, 4.69) is 76.3 Å². The molecule has 1 amide bonds. The van der Waals surface area contributed by atoms with Crippen LogP contribution in [0.2, 0.25) is 0 Å². The molecule has 0 atom stereocenters. The number of rotatable bonds is 4. The molecule has 0 fully saturated rings. The monoisotopic (exact) mass is 380 g/mol. The fraction of sp³-hybridized carbons (Fsp3) is 0.417. The van der Waals surface area contributed by atoms with Crippen LogP contribution in [0.3, 0.4) is 0 Å². The van der Waals surface area contributed by atoms with E-state index in [1.165, 1.54) is 11.1 Å². The highest BCUT2D eigenvalue weighted by Crippen LogP contribution is 2.25. The van der Waals surface area contributed by atoms with Gasteiger partial charge in [0.15, 0.2) is 0 Å². The van der Waals surface area contributed by atoms with Crippen LogP contribution in [-0.4, -0.2) is 18.4 Å². The zero-order valence-electron chi connectivity index (χ0n) is 18.1. The second-order valence-corrected chi connectivity index (χ2v) is 8.95. The van der Waals surface area contributed by atoms with E-state index in [4.69, 9.17) is 4.74 Å². The SMILES string of the molecule is CCOC(=O)NN=C(c1ccc(C(C)(C)C)cc1)c1ccc(C(C)(C)C)cc1. The van der Waals surface area contributed by atoms with Crippen LogP contribution < -0.4 is 5.43 Å². The summed E-state index contributed by atoms with van der Waals surface area (Å²) in [5, 5.41) is 4.36. The molecule has 4 heteroatoms. The summed E-state index contributed by atoms with van der Waals surface area (Å²) in [6, 6.07) is 16.6. The fourth-order valence-electron chi connectivity index (χ4n) is 2.82. The Hall–Kier alpha value is -2.62. The second kappa shape index (κ2) is 8.59. The number of carbonyl (C=O) groups excluding carboxylic acids is 1. The zero-order chi connectivity index (χ0) is 20.9. The molecule has 1 N–H and O–H groups in total. The van der Waals surface area contributed by atoms with E-state index in [1.54, 1.807) is 6.92 Å². The Kier molecular flexibility index (Phi) is 6.65. The minimum Gasteiger partial charge on any atom is -0.449 e. The third-order valence-corrected chi connectivity index (χ3v) is 4.58. The maximum absolute atomic E-state index is 11.7. The lowest BCUT2D eigenvalue weighted by Gasteiger charge is -2.20. The number of hydrogen-bond donors (Lipinski definition) is 1. The van der Waals surface area contributed by atoms with E-state index in [0.29, 0.717) is 12.3 Å². The third kappa shape index (κ3) is 5.69. The van der Waals surface area contributed by atoms with Crippen LogP contribution in [-0.2, 0) is 15.6 Å². The lowest BCUT2D eigenvalue weighted by Crippen LogP contribution is -2.21. The van der Waals surface area contributed by atoms with Crippen molar-refractivity contribution in [1.82, 2.24) is 5.43 Å². The molecule has 0 unspecified atom stereocenters. The number of ether oxygens (including phenoxy) is 1. The van der Waals surface area contributed by atoms with Crippen LogP contribution in [0.15, 0.2) is 53.6 Å². The molecule has 0 spiro atoms. The minimum atomic E-state index is -0.558. The lowest BCUT2D eigenvalue weighted by atomic mass is 9.85. The number of nitrogens with one attached hydrogen (secondary N) is 1. The van der Waals surface area contributed by atoms with Gasteiger partial charge in [0.2, 0.25) is 0 Å². The maximum Gasteiger partial charge on any atom is 0.427 e. The Morgan fingerprint density at radius 3 is 1.54 bits per heavy atom. The van der Waals surface area contributed by atoms with Crippen LogP contribution in [0.4, 0.5) is 4.79 Å². The van der Waals surface area contributed by atoms with Crippen LogP contribution in [0.1, 0.15) is 70.7 Å². The number of benzene rings is 2. The van der Waals surface area contributed by atoms with Crippen LogP contribution in [0.5, 0.6) is 0 Å². The van der Waals surface area contributed by atoms with Gasteiger partial charge in [-0.15, -0.1) is 0 Å². The van der Waals surface area contributed by atoms with E-state index in [9.17, 15) is 4.79 Å². The predicted octanol–water partition coefficient (Wildman–Crippen LogP) is 5.78. The van der Waals surface area contributed by atoms with Gasteiger partial charge in [-0.3, -0.25) is 0 Å². The van der Waals surface area contributed by atoms with Crippen molar-refractivity contribution in [2.24, 2.45) is 5.10 Å². The van der Waals surface area contributed by atoms with Gasteiger partial charge in [-0.2, -0.15) is 5.10 Å². The van der Waals surface area contributed by atoms with E-state index >= 15 is 0 Å². The summed E-state index contributed by atoms with van der Waals surface area (Å²) >= 11 is 0. The van der Waals surface area contributed by atoms with Crippen molar-refractivity contribution in [2.45, 2.75) is 59.3 Å². The molecule has 0 saturated heterocycles. The highest BCUT2D eigenvalue weighted by Gasteiger charge is 2.17. The van der Waals surface area contributed by atoms with Crippen molar-refractivity contribution in [2.75, 3.05) is 6.61 Å². The molecule has 0 radical (unpaired) electrons. The smallest absolute Gasteiger partial charge is 0.427 e. The first-order valence-electron chi connectivity index (χ1n) is 9.74. The van der Waals surface area contributed by atoms with Crippen LogP contribution >= 0.6 is 0 Å². The number of amides is 1. The zero-order valence-corrected chi connectivity index (χ0v) is 18.1. The van der Waals surface area contributed by atoms with Gasteiger partial charge in [-0.25, -0.2) is 10.2 Å². The van der Waals surface area contributed by atoms with Crippen molar-refractivity contribution < 1.29 is 9.53 Å². The fourth-order valence-corrected chi connectivity index (χ4v) is 2.82. The number of nitrogens with zero attached hydrogens (tertiary/aromatic N) is 1. The molecule has 0 bridgehead atoms. The van der Waals surface area contributed by atoms with E-state index in [1.807, 2.05) is 24.3 Å². The quantitative estimate of drug-likeness (QED) is 0.540. The van der Waals surface area contributed by atoms with Crippen LogP contribution in [0.25, 0.3) is 0 Å². The molecule has 0 aliphatic rings. The third-order valence-electron chi connectivity index (χ3n) is 4.58. The maximum atomic E-state index is 11.7. The van der Waals surface area contributed by atoms with Crippen molar-refractivity contribution >= 4 is 11.8 Å². The Bertz CT molecular complexity index is 761. The lowest BCUT2D eigenvalue weighted by molar-refractivity contribution is 0.152. The minimum absolute atomic E-state index is 0.0768. The van der Waals surface area contributed by atoms with Crippen molar-refractivity contribution in [3.63, 3.8) is 0 Å². The average Bonchev–Trinajstić information content (AvgIpc) is 2.61. The van der Waals surface area contributed by atoms with Gasteiger partial charge >= 0.3 is 6.09 Å². The summed E-state index contributed by atoms with van der Waals surface area (Å²) in [5.74, 6) is 0. The highest BCUT2D eigenvalue weighted by atomic mass is 16.5. The average molecular weight is 381 g/mol. The largest absolute Gasteiger partial charge is 0.449 e. The summed E-state index contributed by atoms with van der Waals surface area (Å²) in [5.41, 5.74) is 7.72. The molecular formula is C24H32N2O2. The van der Waals surface area contributed by atoms with Gasteiger partial charge in [0, 0.05) is 11.1 Å². The summed E-state index contributed by atoms with van der Waals surface area (Å²) in [6.07, 6.45) is -0.558. The van der Waals surface area contributed by atoms with Crippen molar-refractivity contribution in [1.29, 1.82) is 0 Å². The molecule has 2 rings (SSSR count). The number of hydrogen-bond acceptors (Lipinski definition) is 3. The first kappa shape index (κ1) is 21.7. The normalized spacial score (nSPS) is 11.7. The van der Waals surface area contributed by atoms with Gasteiger partial charge in [0.05, 0.1) is 12.3 Å². The van der Waals surface area contributed by atoms with Gasteiger partial charge in [0.25, 0.3) is 0 Å². The predicted molar refractivity (Wildman–Crippen MR) is 116 cm³/mol. The van der Waals surface area contributed by atoms with E-state index < -0.39 is 6.09 Å². The van der Waals surface area contributed by atoms with Gasteiger partial charge in [-0.05, 0) is 28.9 Å². The summed E-state index contributed by atoms with van der Waals surface area (Å²) in [7, 11) is 0. The number of carbonyl (C=O) groups is 1.